The normalized spacial score (nSPS) is 18.1. The molecule has 1 heterocycles. The van der Waals surface area contributed by atoms with E-state index in [1.54, 1.807) is 0 Å². The zero-order valence-corrected chi connectivity index (χ0v) is 12.3. The van der Waals surface area contributed by atoms with Crippen molar-refractivity contribution in [3.8, 4) is 0 Å². The van der Waals surface area contributed by atoms with E-state index in [0.717, 1.165) is 45.8 Å². The van der Waals surface area contributed by atoms with Gasteiger partial charge in [0.1, 0.15) is 0 Å². The number of hydrogen-bond donors (Lipinski definition) is 2. The number of nitrogens with zero attached hydrogens (tertiary/aromatic N) is 1. The number of ether oxygens (including phenoxy) is 1. The molecule has 1 saturated heterocycles. The Bertz CT molecular complexity index is 392. The van der Waals surface area contributed by atoms with E-state index >= 15 is 0 Å². The molecule has 20 heavy (non-hydrogen) atoms. The number of morpholine rings is 1. The molecular formula is C16H26N2O2. The molecule has 2 rings (SSSR count). The Morgan fingerprint density at radius 1 is 1.35 bits per heavy atom. The number of rotatable bonds is 7. The molecule has 2 N–H and O–H groups in total. The number of β-amino-alcohol motifs (C(OH)–C–C–N with tert-alkyl or cyclic N) is 1. The molecule has 1 atom stereocenters. The predicted octanol–water partition coefficient (Wildman–Crippen LogP) is 0.820. The average Bonchev–Trinajstić information content (AvgIpc) is 2.45. The molecule has 112 valence electrons. The first-order valence-electron chi connectivity index (χ1n) is 7.48. The van der Waals surface area contributed by atoms with Gasteiger partial charge in [-0.1, -0.05) is 29.8 Å². The van der Waals surface area contributed by atoms with Crippen molar-refractivity contribution in [2.24, 2.45) is 0 Å². The number of nitrogens with one attached hydrogen (secondary N) is 1. The lowest BCUT2D eigenvalue weighted by Gasteiger charge is -2.28. The molecule has 0 radical (unpaired) electrons. The van der Waals surface area contributed by atoms with Crippen LogP contribution in [0.1, 0.15) is 11.1 Å². The van der Waals surface area contributed by atoms with E-state index < -0.39 is 0 Å². The van der Waals surface area contributed by atoms with Crippen LogP contribution in [0.5, 0.6) is 0 Å². The zero-order valence-electron chi connectivity index (χ0n) is 12.3. The minimum atomic E-state index is -0.300. The maximum absolute atomic E-state index is 10.00. The third kappa shape index (κ3) is 5.59. The summed E-state index contributed by atoms with van der Waals surface area (Å²) in [5, 5.41) is 13.3. The van der Waals surface area contributed by atoms with Crippen LogP contribution in [-0.2, 0) is 11.2 Å². The summed E-state index contributed by atoms with van der Waals surface area (Å²) in [4.78, 5) is 2.26. The summed E-state index contributed by atoms with van der Waals surface area (Å²) < 4.78 is 5.30. The van der Waals surface area contributed by atoms with Gasteiger partial charge in [-0.05, 0) is 25.5 Å². The lowest BCUT2D eigenvalue weighted by Crippen LogP contribution is -2.43. The summed E-state index contributed by atoms with van der Waals surface area (Å²) in [6.45, 7) is 7.85. The van der Waals surface area contributed by atoms with E-state index in [9.17, 15) is 5.11 Å². The standard InChI is InChI=1S/C16H26N2O2/c1-14-3-2-4-15(11-14)5-6-17-12-16(19)13-18-7-9-20-10-8-18/h2-4,11,16-17,19H,5-10,12-13H2,1H3. The number of benzene rings is 1. The van der Waals surface area contributed by atoms with Crippen LogP contribution < -0.4 is 5.32 Å². The Labute approximate surface area is 121 Å². The lowest BCUT2D eigenvalue weighted by molar-refractivity contribution is 0.0150. The van der Waals surface area contributed by atoms with E-state index in [0.29, 0.717) is 6.54 Å². The van der Waals surface area contributed by atoms with Crippen LogP contribution in [0.4, 0.5) is 0 Å². The third-order valence-electron chi connectivity index (χ3n) is 3.63. The first-order valence-corrected chi connectivity index (χ1v) is 7.48. The van der Waals surface area contributed by atoms with E-state index in [-0.39, 0.29) is 6.10 Å². The first kappa shape index (κ1) is 15.4. The van der Waals surface area contributed by atoms with E-state index in [1.807, 2.05) is 0 Å². The van der Waals surface area contributed by atoms with Crippen LogP contribution in [0.25, 0.3) is 0 Å². The van der Waals surface area contributed by atoms with Crippen molar-refractivity contribution in [3.05, 3.63) is 35.4 Å². The van der Waals surface area contributed by atoms with Gasteiger partial charge in [-0.15, -0.1) is 0 Å². The number of aliphatic hydroxyl groups excluding tert-OH is 1. The molecule has 1 aromatic rings. The largest absolute Gasteiger partial charge is 0.390 e. The van der Waals surface area contributed by atoms with E-state index in [4.69, 9.17) is 4.74 Å². The molecular weight excluding hydrogens is 252 g/mol. The second-order valence-electron chi connectivity index (χ2n) is 5.51. The molecule has 4 nitrogen and oxygen atoms in total. The zero-order chi connectivity index (χ0) is 14.2. The topological polar surface area (TPSA) is 44.7 Å². The van der Waals surface area contributed by atoms with Gasteiger partial charge in [-0.3, -0.25) is 4.90 Å². The highest BCUT2D eigenvalue weighted by Gasteiger charge is 2.14. The van der Waals surface area contributed by atoms with Gasteiger partial charge in [0.05, 0.1) is 19.3 Å². The van der Waals surface area contributed by atoms with E-state index in [2.05, 4.69) is 41.4 Å². The molecule has 0 amide bonds. The number of aryl methyl sites for hydroxylation is 1. The summed E-state index contributed by atoms with van der Waals surface area (Å²) in [7, 11) is 0. The fourth-order valence-corrected chi connectivity index (χ4v) is 2.52. The van der Waals surface area contributed by atoms with Gasteiger partial charge in [-0.25, -0.2) is 0 Å². The first-order chi connectivity index (χ1) is 9.74. The SMILES string of the molecule is Cc1cccc(CCNCC(O)CN2CCOCC2)c1. The summed E-state index contributed by atoms with van der Waals surface area (Å²) in [6.07, 6.45) is 0.706. The van der Waals surface area contributed by atoms with Crippen molar-refractivity contribution < 1.29 is 9.84 Å². The monoisotopic (exact) mass is 278 g/mol. The quantitative estimate of drug-likeness (QED) is 0.725. The molecule has 0 aromatic heterocycles. The van der Waals surface area contributed by atoms with Gasteiger partial charge in [-0.2, -0.15) is 0 Å². The lowest BCUT2D eigenvalue weighted by atomic mass is 10.1. The van der Waals surface area contributed by atoms with Gasteiger partial charge >= 0.3 is 0 Å². The van der Waals surface area contributed by atoms with Gasteiger partial charge in [0.25, 0.3) is 0 Å². The van der Waals surface area contributed by atoms with Crippen LogP contribution in [0.2, 0.25) is 0 Å². The van der Waals surface area contributed by atoms with Crippen LogP contribution in [-0.4, -0.2) is 62.0 Å². The number of hydrogen-bond acceptors (Lipinski definition) is 4. The third-order valence-corrected chi connectivity index (χ3v) is 3.63. The molecule has 0 bridgehead atoms. The van der Waals surface area contributed by atoms with Crippen molar-refractivity contribution in [1.29, 1.82) is 0 Å². The molecule has 1 unspecified atom stereocenters. The Morgan fingerprint density at radius 3 is 2.90 bits per heavy atom. The van der Waals surface area contributed by atoms with Crippen molar-refractivity contribution in [2.45, 2.75) is 19.4 Å². The average molecular weight is 278 g/mol. The molecule has 0 saturated carbocycles. The van der Waals surface area contributed by atoms with Gasteiger partial charge in [0.15, 0.2) is 0 Å². The maximum Gasteiger partial charge on any atom is 0.0791 e. The highest BCUT2D eigenvalue weighted by atomic mass is 16.5. The fourth-order valence-electron chi connectivity index (χ4n) is 2.52. The van der Waals surface area contributed by atoms with Gasteiger partial charge in [0, 0.05) is 26.2 Å². The van der Waals surface area contributed by atoms with Gasteiger partial charge in [0.2, 0.25) is 0 Å². The molecule has 0 aliphatic carbocycles. The highest BCUT2D eigenvalue weighted by molar-refractivity contribution is 5.22. The molecule has 0 spiro atoms. The molecule has 4 heteroatoms. The molecule has 1 fully saturated rings. The smallest absolute Gasteiger partial charge is 0.0791 e. The highest BCUT2D eigenvalue weighted by Crippen LogP contribution is 2.04. The minimum Gasteiger partial charge on any atom is -0.390 e. The number of aliphatic hydroxyl groups is 1. The van der Waals surface area contributed by atoms with Crippen molar-refractivity contribution in [2.75, 3.05) is 45.9 Å². The Hall–Kier alpha value is -0.940. The van der Waals surface area contributed by atoms with E-state index in [1.165, 1.54) is 11.1 Å². The van der Waals surface area contributed by atoms with Crippen LogP contribution >= 0.6 is 0 Å². The molecule has 1 aliphatic rings. The Kier molecular flexibility index (Phi) is 6.47. The fraction of sp³-hybridized carbons (Fsp3) is 0.625. The van der Waals surface area contributed by atoms with Gasteiger partial charge < -0.3 is 15.2 Å². The second kappa shape index (κ2) is 8.37. The Morgan fingerprint density at radius 2 is 2.15 bits per heavy atom. The minimum absolute atomic E-state index is 0.300. The van der Waals surface area contributed by atoms with Crippen LogP contribution in [0.3, 0.4) is 0 Å². The van der Waals surface area contributed by atoms with Crippen molar-refractivity contribution >= 4 is 0 Å². The summed E-state index contributed by atoms with van der Waals surface area (Å²) in [5.74, 6) is 0. The van der Waals surface area contributed by atoms with Crippen LogP contribution in [0.15, 0.2) is 24.3 Å². The summed E-state index contributed by atoms with van der Waals surface area (Å²) >= 11 is 0. The molecule has 1 aromatic carbocycles. The predicted molar refractivity (Wildman–Crippen MR) is 81.0 cm³/mol. The molecule has 1 aliphatic heterocycles. The summed E-state index contributed by atoms with van der Waals surface area (Å²) in [6, 6.07) is 8.58. The second-order valence-corrected chi connectivity index (χ2v) is 5.51. The van der Waals surface area contributed by atoms with Crippen LogP contribution in [0, 0.1) is 6.92 Å². The summed E-state index contributed by atoms with van der Waals surface area (Å²) in [5.41, 5.74) is 2.65. The van der Waals surface area contributed by atoms with Crippen molar-refractivity contribution in [3.63, 3.8) is 0 Å². The maximum atomic E-state index is 10.00. The Balaban J connectivity index is 1.58. The van der Waals surface area contributed by atoms with Crippen molar-refractivity contribution in [1.82, 2.24) is 10.2 Å².